The predicted octanol–water partition coefficient (Wildman–Crippen LogP) is 7.97. The Bertz CT molecular complexity index is 184. The van der Waals surface area contributed by atoms with Gasteiger partial charge in [0.2, 0.25) is 0 Å². The van der Waals surface area contributed by atoms with Crippen LogP contribution in [0.15, 0.2) is 0 Å². The molecule has 1 heteroatoms. The van der Waals surface area contributed by atoms with Crippen LogP contribution in [0.1, 0.15) is 126 Å². The third kappa shape index (κ3) is 31.9. The van der Waals surface area contributed by atoms with Crippen LogP contribution >= 0.6 is 0 Å². The van der Waals surface area contributed by atoms with Crippen molar-refractivity contribution < 1.29 is 4.79 Å². The molecule has 0 N–H and O–H groups in total. The highest BCUT2D eigenvalue weighted by atomic mass is 16.1. The zero-order chi connectivity index (χ0) is 17.6. The van der Waals surface area contributed by atoms with Gasteiger partial charge in [0.05, 0.1) is 0 Å². The number of Topliss-reactive ketones (excluding diaryl/α,β-unsaturated/α-hetero) is 1. The number of rotatable bonds is 12. The van der Waals surface area contributed by atoms with Crippen molar-refractivity contribution in [3.8, 4) is 0 Å². The molecule has 136 valence electrons. The molecule has 0 spiro atoms. The van der Waals surface area contributed by atoms with Gasteiger partial charge in [-0.1, -0.05) is 106 Å². The molecule has 22 heavy (non-hydrogen) atoms. The number of carbonyl (C=O) groups is 1. The van der Waals surface area contributed by atoms with Crippen molar-refractivity contribution >= 4 is 5.78 Å². The Hall–Kier alpha value is -0.330. The summed E-state index contributed by atoms with van der Waals surface area (Å²) in [5.41, 5.74) is 0. The van der Waals surface area contributed by atoms with Gasteiger partial charge >= 0.3 is 0 Å². The van der Waals surface area contributed by atoms with Gasteiger partial charge < -0.3 is 0 Å². The smallest absolute Gasteiger partial charge is 0.132 e. The molecule has 0 aromatic carbocycles. The topological polar surface area (TPSA) is 17.1 Å². The van der Waals surface area contributed by atoms with Crippen LogP contribution < -0.4 is 0 Å². The molecule has 0 aliphatic heterocycles. The van der Waals surface area contributed by atoms with Crippen molar-refractivity contribution in [2.24, 2.45) is 5.92 Å². The van der Waals surface area contributed by atoms with E-state index in [2.05, 4.69) is 27.7 Å². The summed E-state index contributed by atoms with van der Waals surface area (Å²) in [6.45, 7) is 15.0. The third-order valence-corrected chi connectivity index (χ3v) is 3.59. The van der Waals surface area contributed by atoms with E-state index in [1.165, 1.54) is 57.8 Å². The van der Waals surface area contributed by atoms with Crippen molar-refractivity contribution in [2.75, 3.05) is 0 Å². The van der Waals surface area contributed by atoms with E-state index in [0.717, 1.165) is 25.2 Å². The third-order valence-electron chi connectivity index (χ3n) is 3.59. The van der Waals surface area contributed by atoms with Crippen LogP contribution in [0.5, 0.6) is 0 Å². The van der Waals surface area contributed by atoms with Crippen LogP contribution in [0.25, 0.3) is 0 Å². The monoisotopic (exact) mass is 314 g/mol. The fourth-order valence-corrected chi connectivity index (χ4v) is 2.08. The number of carbonyl (C=O) groups excluding carboxylic acids is 1. The van der Waals surface area contributed by atoms with E-state index in [9.17, 15) is 4.79 Å². The lowest BCUT2D eigenvalue weighted by Gasteiger charge is -2.00. The average molecular weight is 315 g/mol. The maximum Gasteiger partial charge on any atom is 0.132 e. The minimum atomic E-state index is 0.422. The summed E-state index contributed by atoms with van der Waals surface area (Å²) in [6.07, 6.45) is 14.8. The Morgan fingerprint density at radius 1 is 0.727 bits per heavy atom. The first-order chi connectivity index (χ1) is 10.6. The lowest BCUT2D eigenvalue weighted by Crippen LogP contribution is -1.93. The number of ketones is 1. The first-order valence-electron chi connectivity index (χ1n) is 10.1. The van der Waals surface area contributed by atoms with E-state index in [0.29, 0.717) is 5.78 Å². The van der Waals surface area contributed by atoms with Gasteiger partial charge in [-0.15, -0.1) is 0 Å². The molecule has 0 aliphatic rings. The second-order valence-electron chi connectivity index (χ2n) is 6.30. The Morgan fingerprint density at radius 3 is 1.64 bits per heavy atom. The SMILES string of the molecule is CC.CCCCCC(C)C.CCCCCCCCC(=O)CC. The second kappa shape index (κ2) is 25.6. The van der Waals surface area contributed by atoms with E-state index in [-0.39, 0.29) is 0 Å². The van der Waals surface area contributed by atoms with Crippen LogP contribution in [0.2, 0.25) is 0 Å². The van der Waals surface area contributed by atoms with Crippen LogP contribution in [0.4, 0.5) is 0 Å². The van der Waals surface area contributed by atoms with Crippen LogP contribution in [0.3, 0.4) is 0 Å². The van der Waals surface area contributed by atoms with Gasteiger partial charge in [0.1, 0.15) is 5.78 Å². The molecule has 0 saturated heterocycles. The van der Waals surface area contributed by atoms with Gasteiger partial charge in [0.25, 0.3) is 0 Å². The fourth-order valence-electron chi connectivity index (χ4n) is 2.08. The normalized spacial score (nSPS) is 9.64. The molecular weight excluding hydrogens is 268 g/mol. The van der Waals surface area contributed by atoms with Crippen molar-refractivity contribution in [1.29, 1.82) is 0 Å². The molecular formula is C21H46O. The minimum Gasteiger partial charge on any atom is -0.300 e. The molecule has 0 aromatic rings. The molecule has 0 bridgehead atoms. The molecule has 0 atom stereocenters. The zero-order valence-electron chi connectivity index (χ0n) is 17.0. The fraction of sp³-hybridized carbons (Fsp3) is 0.952. The summed E-state index contributed by atoms with van der Waals surface area (Å²) >= 11 is 0. The maximum absolute atomic E-state index is 10.9. The summed E-state index contributed by atoms with van der Waals surface area (Å²) in [6, 6.07) is 0. The molecule has 0 fully saturated rings. The largest absolute Gasteiger partial charge is 0.300 e. The Labute approximate surface area is 142 Å². The van der Waals surface area contributed by atoms with E-state index >= 15 is 0 Å². The van der Waals surface area contributed by atoms with Crippen LogP contribution in [0, 0.1) is 5.92 Å². The second-order valence-corrected chi connectivity index (χ2v) is 6.30. The molecule has 0 radical (unpaired) electrons. The molecule has 1 nitrogen and oxygen atoms in total. The van der Waals surface area contributed by atoms with Crippen molar-refractivity contribution in [3.63, 3.8) is 0 Å². The van der Waals surface area contributed by atoms with Crippen molar-refractivity contribution in [2.45, 2.75) is 126 Å². The zero-order valence-corrected chi connectivity index (χ0v) is 17.0. The molecule has 0 aliphatic carbocycles. The Morgan fingerprint density at radius 2 is 1.18 bits per heavy atom. The van der Waals surface area contributed by atoms with Crippen molar-refractivity contribution in [1.82, 2.24) is 0 Å². The molecule has 0 heterocycles. The lowest BCUT2D eigenvalue weighted by molar-refractivity contribution is -0.118. The number of hydrogen-bond acceptors (Lipinski definition) is 1. The van der Waals surface area contributed by atoms with Gasteiger partial charge in [0, 0.05) is 12.8 Å². The van der Waals surface area contributed by atoms with Gasteiger partial charge in [-0.25, -0.2) is 0 Å². The van der Waals surface area contributed by atoms with Gasteiger partial charge in [-0.05, 0) is 12.3 Å². The predicted molar refractivity (Wildman–Crippen MR) is 104 cm³/mol. The first kappa shape index (κ1) is 26.6. The summed E-state index contributed by atoms with van der Waals surface area (Å²) in [4.78, 5) is 10.9. The molecule has 0 aromatic heterocycles. The highest BCUT2D eigenvalue weighted by Crippen LogP contribution is 2.08. The number of hydrogen-bond donors (Lipinski definition) is 0. The van der Waals surface area contributed by atoms with Gasteiger partial charge in [-0.3, -0.25) is 4.79 Å². The molecule has 0 amide bonds. The maximum atomic E-state index is 10.9. The standard InChI is InChI=1S/C11H22O.C8H18.C2H6/c1-3-5-6-7-8-9-10-11(12)4-2;1-4-5-6-7-8(2)3;1-2/h3-10H2,1-2H3;8H,4-7H2,1-3H3;1-2H3. The van der Waals surface area contributed by atoms with E-state index in [1.54, 1.807) is 0 Å². The van der Waals surface area contributed by atoms with Crippen molar-refractivity contribution in [3.05, 3.63) is 0 Å². The highest BCUT2D eigenvalue weighted by Gasteiger charge is 1.96. The molecule has 0 unspecified atom stereocenters. The Balaban J connectivity index is -0.000000313. The highest BCUT2D eigenvalue weighted by molar-refractivity contribution is 5.77. The first-order valence-corrected chi connectivity index (χ1v) is 10.1. The van der Waals surface area contributed by atoms with Crippen LogP contribution in [-0.2, 0) is 4.79 Å². The summed E-state index contributed by atoms with van der Waals surface area (Å²) < 4.78 is 0. The molecule has 0 rings (SSSR count). The summed E-state index contributed by atoms with van der Waals surface area (Å²) in [5, 5.41) is 0. The van der Waals surface area contributed by atoms with E-state index < -0.39 is 0 Å². The van der Waals surface area contributed by atoms with E-state index in [4.69, 9.17) is 0 Å². The number of unbranched alkanes of at least 4 members (excludes halogenated alkanes) is 7. The minimum absolute atomic E-state index is 0.422. The van der Waals surface area contributed by atoms with Gasteiger partial charge in [0.15, 0.2) is 0 Å². The average Bonchev–Trinajstić information content (AvgIpc) is 2.53. The Kier molecular flexibility index (Phi) is 30.9. The summed E-state index contributed by atoms with van der Waals surface area (Å²) in [5.74, 6) is 1.33. The lowest BCUT2D eigenvalue weighted by atomic mass is 10.1. The van der Waals surface area contributed by atoms with Crippen LogP contribution in [-0.4, -0.2) is 5.78 Å². The quantitative estimate of drug-likeness (QED) is 0.334. The van der Waals surface area contributed by atoms with Gasteiger partial charge in [-0.2, -0.15) is 0 Å². The summed E-state index contributed by atoms with van der Waals surface area (Å²) in [7, 11) is 0. The molecule has 0 saturated carbocycles. The van der Waals surface area contributed by atoms with E-state index in [1.807, 2.05) is 20.8 Å².